The van der Waals surface area contributed by atoms with Crippen LogP contribution in [-0.4, -0.2) is 38.9 Å². The van der Waals surface area contributed by atoms with Crippen molar-refractivity contribution in [3.8, 4) is 0 Å². The zero-order valence-electron chi connectivity index (χ0n) is 11.5. The molecule has 1 aromatic carbocycles. The highest BCUT2D eigenvalue weighted by atomic mass is 32.2. The molecule has 0 aliphatic carbocycles. The number of hydrogen-bond donors (Lipinski definition) is 1. The third-order valence-electron chi connectivity index (χ3n) is 2.86. The van der Waals surface area contributed by atoms with Crippen LogP contribution in [0.2, 0.25) is 0 Å². The largest absolute Gasteiger partial charge is 0.367 e. The van der Waals surface area contributed by atoms with Crippen molar-refractivity contribution in [3.63, 3.8) is 0 Å². The van der Waals surface area contributed by atoms with Crippen LogP contribution in [-0.2, 0) is 17.9 Å². The molecule has 0 bridgehead atoms. The molecule has 0 aliphatic heterocycles. The molecule has 20 heavy (non-hydrogen) atoms. The van der Waals surface area contributed by atoms with E-state index < -0.39 is 0 Å². The quantitative estimate of drug-likeness (QED) is 0.839. The minimum Gasteiger partial charge on any atom is -0.367 e. The Labute approximate surface area is 122 Å². The van der Waals surface area contributed by atoms with Crippen molar-refractivity contribution >= 4 is 23.6 Å². The van der Waals surface area contributed by atoms with Gasteiger partial charge < -0.3 is 10.6 Å². The number of aromatic nitrogens is 3. The summed E-state index contributed by atoms with van der Waals surface area (Å²) < 4.78 is 1.44. The standard InChI is InChI=1S/C13H17N5OS/c1-17(7-10-3-5-11(20-2)6-4-10)12(19)8-18-9-15-13(14)16-18/h3-6,9H,7-8H2,1-2H3,(H2,14,16). The molecule has 0 fully saturated rings. The lowest BCUT2D eigenvalue weighted by Gasteiger charge is -2.17. The van der Waals surface area contributed by atoms with Crippen LogP contribution in [0.25, 0.3) is 0 Å². The normalized spacial score (nSPS) is 10.5. The van der Waals surface area contributed by atoms with E-state index in [4.69, 9.17) is 5.73 Å². The number of nitrogen functional groups attached to an aromatic ring is 1. The number of carbonyl (C=O) groups excluding carboxylic acids is 1. The summed E-state index contributed by atoms with van der Waals surface area (Å²) in [5, 5.41) is 3.90. The second kappa shape index (κ2) is 6.42. The number of hydrogen-bond acceptors (Lipinski definition) is 5. The van der Waals surface area contributed by atoms with Crippen LogP contribution in [0.15, 0.2) is 35.5 Å². The molecule has 0 aliphatic rings. The highest BCUT2D eigenvalue weighted by molar-refractivity contribution is 7.98. The van der Waals surface area contributed by atoms with Gasteiger partial charge in [0.2, 0.25) is 11.9 Å². The van der Waals surface area contributed by atoms with Crippen LogP contribution < -0.4 is 5.73 Å². The Morgan fingerprint density at radius 2 is 2.10 bits per heavy atom. The summed E-state index contributed by atoms with van der Waals surface area (Å²) in [5.74, 6) is 0.136. The van der Waals surface area contributed by atoms with Crippen LogP contribution in [0, 0.1) is 0 Å². The Bertz CT molecular complexity index is 581. The van der Waals surface area contributed by atoms with E-state index in [0.717, 1.165) is 5.56 Å². The molecular weight excluding hydrogens is 274 g/mol. The number of nitrogens with zero attached hydrogens (tertiary/aromatic N) is 4. The van der Waals surface area contributed by atoms with E-state index in [9.17, 15) is 4.79 Å². The molecule has 1 aromatic heterocycles. The lowest BCUT2D eigenvalue weighted by molar-refractivity contribution is -0.131. The fourth-order valence-corrected chi connectivity index (χ4v) is 2.15. The molecule has 0 saturated heterocycles. The first kappa shape index (κ1) is 14.4. The highest BCUT2D eigenvalue weighted by Gasteiger charge is 2.11. The third kappa shape index (κ3) is 3.74. The number of nitrogens with two attached hydrogens (primary N) is 1. The van der Waals surface area contributed by atoms with Gasteiger partial charge in [0.05, 0.1) is 0 Å². The summed E-state index contributed by atoms with van der Waals surface area (Å²) in [6, 6.07) is 8.17. The Hall–Kier alpha value is -2.02. The number of rotatable bonds is 5. The molecule has 7 heteroatoms. The summed E-state index contributed by atoms with van der Waals surface area (Å²) in [7, 11) is 1.77. The number of carbonyl (C=O) groups is 1. The van der Waals surface area contributed by atoms with Crippen molar-refractivity contribution in [1.29, 1.82) is 0 Å². The lowest BCUT2D eigenvalue weighted by atomic mass is 10.2. The molecule has 2 rings (SSSR count). The van der Waals surface area contributed by atoms with Crippen molar-refractivity contribution in [2.75, 3.05) is 19.0 Å². The molecule has 0 radical (unpaired) electrons. The van der Waals surface area contributed by atoms with Gasteiger partial charge in [0.1, 0.15) is 12.9 Å². The monoisotopic (exact) mass is 291 g/mol. The molecule has 106 valence electrons. The smallest absolute Gasteiger partial charge is 0.244 e. The van der Waals surface area contributed by atoms with Gasteiger partial charge in [-0.15, -0.1) is 16.9 Å². The first-order valence-corrected chi connectivity index (χ1v) is 7.33. The fraction of sp³-hybridized carbons (Fsp3) is 0.308. The Morgan fingerprint density at radius 1 is 1.40 bits per heavy atom. The maximum absolute atomic E-state index is 12.0. The van der Waals surface area contributed by atoms with E-state index in [2.05, 4.69) is 22.2 Å². The highest BCUT2D eigenvalue weighted by Crippen LogP contribution is 2.15. The van der Waals surface area contributed by atoms with Gasteiger partial charge in [-0.25, -0.2) is 9.67 Å². The summed E-state index contributed by atoms with van der Waals surface area (Å²) in [5.41, 5.74) is 6.51. The Balaban J connectivity index is 1.92. The number of amides is 1. The number of anilines is 1. The van der Waals surface area contributed by atoms with Crippen LogP contribution in [0.3, 0.4) is 0 Å². The van der Waals surface area contributed by atoms with Crippen molar-refractivity contribution in [2.45, 2.75) is 18.0 Å². The molecule has 0 spiro atoms. The van der Waals surface area contributed by atoms with Gasteiger partial charge in [-0.2, -0.15) is 0 Å². The summed E-state index contributed by atoms with van der Waals surface area (Å²) in [4.78, 5) is 18.7. The van der Waals surface area contributed by atoms with Crippen LogP contribution >= 0.6 is 11.8 Å². The molecule has 2 N–H and O–H groups in total. The van der Waals surface area contributed by atoms with Crippen LogP contribution in [0.4, 0.5) is 5.95 Å². The predicted octanol–water partition coefficient (Wildman–Crippen LogP) is 1.24. The van der Waals surface area contributed by atoms with E-state index in [1.54, 1.807) is 23.7 Å². The van der Waals surface area contributed by atoms with Crippen LogP contribution in [0.1, 0.15) is 5.56 Å². The van der Waals surface area contributed by atoms with Crippen molar-refractivity contribution in [2.24, 2.45) is 0 Å². The number of thioether (sulfide) groups is 1. The van der Waals surface area contributed by atoms with Crippen molar-refractivity contribution in [3.05, 3.63) is 36.2 Å². The van der Waals surface area contributed by atoms with E-state index in [1.807, 2.05) is 18.4 Å². The number of likely N-dealkylation sites (N-methyl/N-ethyl adjacent to an activating group) is 1. The van der Waals surface area contributed by atoms with Crippen molar-refractivity contribution < 1.29 is 4.79 Å². The first-order chi connectivity index (χ1) is 9.58. The van der Waals surface area contributed by atoms with E-state index in [-0.39, 0.29) is 18.4 Å². The van der Waals surface area contributed by atoms with Gasteiger partial charge in [0.15, 0.2) is 0 Å². The molecule has 1 heterocycles. The predicted molar refractivity (Wildman–Crippen MR) is 79.1 cm³/mol. The minimum absolute atomic E-state index is 0.0381. The second-order valence-corrected chi connectivity index (χ2v) is 5.28. The molecule has 0 saturated carbocycles. The zero-order valence-corrected chi connectivity index (χ0v) is 12.3. The SMILES string of the molecule is CSc1ccc(CN(C)C(=O)Cn2cnc(N)n2)cc1. The van der Waals surface area contributed by atoms with Gasteiger partial charge >= 0.3 is 0 Å². The average molecular weight is 291 g/mol. The fourth-order valence-electron chi connectivity index (χ4n) is 1.74. The number of benzene rings is 1. The van der Waals surface area contributed by atoms with E-state index in [1.165, 1.54) is 15.9 Å². The Kier molecular flexibility index (Phi) is 4.62. The second-order valence-electron chi connectivity index (χ2n) is 4.40. The molecular formula is C13H17N5OS. The van der Waals surface area contributed by atoms with Gasteiger partial charge in [-0.1, -0.05) is 12.1 Å². The van der Waals surface area contributed by atoms with Gasteiger partial charge in [-0.3, -0.25) is 4.79 Å². The van der Waals surface area contributed by atoms with E-state index in [0.29, 0.717) is 6.54 Å². The first-order valence-electron chi connectivity index (χ1n) is 6.10. The van der Waals surface area contributed by atoms with Crippen molar-refractivity contribution in [1.82, 2.24) is 19.7 Å². The third-order valence-corrected chi connectivity index (χ3v) is 3.60. The minimum atomic E-state index is -0.0381. The molecule has 2 aromatic rings. The summed E-state index contributed by atoms with van der Waals surface area (Å²) >= 11 is 1.70. The maximum atomic E-state index is 12.0. The topological polar surface area (TPSA) is 77.0 Å². The lowest BCUT2D eigenvalue weighted by Crippen LogP contribution is -2.30. The van der Waals surface area contributed by atoms with Gasteiger partial charge in [0.25, 0.3) is 0 Å². The molecule has 1 amide bonds. The Morgan fingerprint density at radius 3 is 2.65 bits per heavy atom. The van der Waals surface area contributed by atoms with E-state index >= 15 is 0 Å². The molecule has 0 unspecified atom stereocenters. The average Bonchev–Trinajstić information content (AvgIpc) is 2.85. The molecule has 0 atom stereocenters. The van der Waals surface area contributed by atoms with Gasteiger partial charge in [0, 0.05) is 18.5 Å². The summed E-state index contributed by atoms with van der Waals surface area (Å²) in [6.07, 6.45) is 3.49. The molecule has 6 nitrogen and oxygen atoms in total. The van der Waals surface area contributed by atoms with Crippen LogP contribution in [0.5, 0.6) is 0 Å². The van der Waals surface area contributed by atoms with Gasteiger partial charge in [-0.05, 0) is 24.0 Å². The summed E-state index contributed by atoms with van der Waals surface area (Å²) in [6.45, 7) is 0.710. The zero-order chi connectivity index (χ0) is 14.5. The maximum Gasteiger partial charge on any atom is 0.244 e.